The van der Waals surface area contributed by atoms with E-state index in [0.717, 1.165) is 5.57 Å². The Kier molecular flexibility index (Phi) is 5.67. The number of fused-ring (bicyclic) bond motifs is 5. The zero-order valence-electron chi connectivity index (χ0n) is 20.1. The van der Waals surface area contributed by atoms with Crippen LogP contribution in [0.5, 0.6) is 0 Å². The van der Waals surface area contributed by atoms with Crippen molar-refractivity contribution in [1.29, 1.82) is 5.26 Å². The Bertz CT molecular complexity index is 1120. The Morgan fingerprint density at radius 2 is 2.11 bits per heavy atom. The van der Waals surface area contributed by atoms with Gasteiger partial charge in [0.15, 0.2) is 6.61 Å². The number of aliphatic hydroxyl groups is 1. The van der Waals surface area contributed by atoms with E-state index < -0.39 is 35.7 Å². The van der Waals surface area contributed by atoms with E-state index in [1.165, 1.54) is 12.3 Å². The Morgan fingerprint density at radius 1 is 1.31 bits per heavy atom. The minimum Gasteiger partial charge on any atom is -0.457 e. The monoisotopic (exact) mass is 481 g/mol. The van der Waals surface area contributed by atoms with Crippen molar-refractivity contribution in [2.45, 2.75) is 70.5 Å². The first-order valence-corrected chi connectivity index (χ1v) is 12.4. The highest BCUT2D eigenvalue weighted by Crippen LogP contribution is 2.68. The molecule has 1 N–H and O–H groups in total. The number of carbonyl (C=O) groups excluding carboxylic acids is 3. The normalized spacial score (nSPS) is 39.9. The molecule has 0 bridgehead atoms. The maximum Gasteiger partial charge on any atom is 0.375 e. The summed E-state index contributed by atoms with van der Waals surface area (Å²) in [4.78, 5) is 38.6. The van der Waals surface area contributed by atoms with E-state index in [0.29, 0.717) is 32.1 Å². The molecule has 3 fully saturated rings. The molecule has 3 saturated carbocycles. The molecular weight excluding hydrogens is 450 g/mol. The fourth-order valence-electron chi connectivity index (χ4n) is 7.96. The average Bonchev–Trinajstić information content (AvgIpc) is 3.45. The van der Waals surface area contributed by atoms with Crippen molar-refractivity contribution in [1.82, 2.24) is 0 Å². The molecule has 1 aromatic heterocycles. The lowest BCUT2D eigenvalue weighted by molar-refractivity contribution is -0.197. The molecule has 0 radical (unpaired) electrons. The molecule has 0 spiro atoms. The van der Waals surface area contributed by atoms with Gasteiger partial charge >= 0.3 is 11.9 Å². The number of esters is 2. The van der Waals surface area contributed by atoms with Gasteiger partial charge in [-0.15, -0.1) is 0 Å². The fourth-order valence-corrected chi connectivity index (χ4v) is 7.96. The Labute approximate surface area is 204 Å². The van der Waals surface area contributed by atoms with Crippen LogP contribution in [-0.2, 0) is 19.1 Å². The molecule has 0 aliphatic heterocycles. The molecule has 7 atom stereocenters. The van der Waals surface area contributed by atoms with E-state index >= 15 is 0 Å². The summed E-state index contributed by atoms with van der Waals surface area (Å²) in [5, 5.41) is 20.6. The highest BCUT2D eigenvalue weighted by molar-refractivity contribution is 5.91. The molecule has 35 heavy (non-hydrogen) atoms. The highest BCUT2D eigenvalue weighted by atomic mass is 16.6. The van der Waals surface area contributed by atoms with E-state index in [9.17, 15) is 19.5 Å². The number of hydrogen-bond acceptors (Lipinski definition) is 8. The van der Waals surface area contributed by atoms with E-state index in [1.807, 2.05) is 13.0 Å². The first-order valence-electron chi connectivity index (χ1n) is 12.4. The highest BCUT2D eigenvalue weighted by Gasteiger charge is 2.71. The molecule has 0 unspecified atom stereocenters. The van der Waals surface area contributed by atoms with Crippen LogP contribution in [0.15, 0.2) is 34.5 Å². The Morgan fingerprint density at radius 3 is 2.83 bits per heavy atom. The first-order chi connectivity index (χ1) is 16.7. The van der Waals surface area contributed by atoms with Crippen molar-refractivity contribution in [3.05, 3.63) is 35.8 Å². The molecule has 8 nitrogen and oxygen atoms in total. The third kappa shape index (κ3) is 3.39. The lowest BCUT2D eigenvalue weighted by Gasteiger charge is -2.59. The maximum atomic E-state index is 13.5. The first kappa shape index (κ1) is 23.8. The topological polar surface area (TPSA) is 127 Å². The molecule has 0 amide bonds. The van der Waals surface area contributed by atoms with E-state index in [1.54, 1.807) is 6.07 Å². The van der Waals surface area contributed by atoms with Crippen molar-refractivity contribution >= 4 is 17.7 Å². The van der Waals surface area contributed by atoms with Gasteiger partial charge in [-0.2, -0.15) is 5.26 Å². The zero-order valence-corrected chi connectivity index (χ0v) is 20.1. The van der Waals surface area contributed by atoms with Crippen molar-refractivity contribution in [3.63, 3.8) is 0 Å². The minimum absolute atomic E-state index is 0.0119. The number of allylic oxidation sites excluding steroid dienone is 2. The summed E-state index contributed by atoms with van der Waals surface area (Å²) in [5.74, 6) is -1.29. The largest absolute Gasteiger partial charge is 0.457 e. The molecule has 0 aromatic carbocycles. The van der Waals surface area contributed by atoms with Crippen molar-refractivity contribution in [3.8, 4) is 6.07 Å². The second kappa shape index (κ2) is 8.34. The van der Waals surface area contributed by atoms with Crippen molar-refractivity contribution in [2.75, 3.05) is 6.61 Å². The van der Waals surface area contributed by atoms with Gasteiger partial charge in [0.25, 0.3) is 0 Å². The van der Waals surface area contributed by atoms with Gasteiger partial charge < -0.3 is 19.0 Å². The van der Waals surface area contributed by atoms with E-state index in [2.05, 4.69) is 13.0 Å². The summed E-state index contributed by atoms with van der Waals surface area (Å²) < 4.78 is 16.4. The van der Waals surface area contributed by atoms with Gasteiger partial charge in [-0.05, 0) is 67.4 Å². The summed E-state index contributed by atoms with van der Waals surface area (Å²) in [6.45, 7) is 3.61. The third-order valence-electron chi connectivity index (χ3n) is 9.58. The van der Waals surface area contributed by atoms with Gasteiger partial charge in [0, 0.05) is 18.3 Å². The lowest BCUT2D eigenvalue weighted by Crippen LogP contribution is -2.63. The lowest BCUT2D eigenvalue weighted by atomic mass is 9.46. The van der Waals surface area contributed by atoms with E-state index in [-0.39, 0.29) is 47.6 Å². The van der Waals surface area contributed by atoms with Gasteiger partial charge in [0.1, 0.15) is 11.9 Å². The average molecular weight is 482 g/mol. The second-order valence-corrected chi connectivity index (χ2v) is 11.0. The number of Topliss-reactive ketones (excluding diaryl/α,β-unsaturated/α-hetero) is 1. The number of ether oxygens (including phenoxy) is 2. The zero-order chi connectivity index (χ0) is 25.0. The third-order valence-corrected chi connectivity index (χ3v) is 9.58. The van der Waals surface area contributed by atoms with Crippen LogP contribution in [0.25, 0.3) is 0 Å². The van der Waals surface area contributed by atoms with Crippen LogP contribution in [-0.4, -0.2) is 41.1 Å². The number of aliphatic hydroxyl groups excluding tert-OH is 1. The molecule has 5 rings (SSSR count). The number of nitrogens with zero attached hydrogens (tertiary/aromatic N) is 1. The van der Waals surface area contributed by atoms with Crippen LogP contribution >= 0.6 is 0 Å². The van der Waals surface area contributed by atoms with Crippen molar-refractivity contribution < 1.29 is 33.4 Å². The van der Waals surface area contributed by atoms with Crippen LogP contribution in [0, 0.1) is 39.9 Å². The van der Waals surface area contributed by atoms with Crippen LogP contribution in [0.3, 0.4) is 0 Å². The summed E-state index contributed by atoms with van der Waals surface area (Å²) in [6.07, 6.45) is 6.26. The Hall–Kier alpha value is -2.92. The number of furan rings is 1. The number of hydrogen-bond donors (Lipinski definition) is 1. The number of rotatable bonds is 4. The SMILES string of the molecule is C[C@]12CCC(=O)CC1=CC[C@@H]1[C@@H]2[C@@H](O)C[C@@]2(C)[C@H]1CC[C@]2(OC(=O)c1ccco1)C(=O)OCC#N. The molecule has 8 heteroatoms. The molecule has 4 aliphatic carbocycles. The maximum absolute atomic E-state index is 13.5. The summed E-state index contributed by atoms with van der Waals surface area (Å²) in [6, 6.07) is 4.84. The number of carbonyl (C=O) groups is 3. The number of nitriles is 1. The van der Waals surface area contributed by atoms with Crippen LogP contribution in [0.1, 0.15) is 69.3 Å². The molecule has 1 heterocycles. The molecule has 186 valence electrons. The van der Waals surface area contributed by atoms with Gasteiger partial charge in [-0.3, -0.25) is 4.79 Å². The number of ketones is 1. The van der Waals surface area contributed by atoms with Gasteiger partial charge in [-0.1, -0.05) is 25.5 Å². The van der Waals surface area contributed by atoms with Crippen LogP contribution in [0.4, 0.5) is 0 Å². The summed E-state index contributed by atoms with van der Waals surface area (Å²) >= 11 is 0. The second-order valence-electron chi connectivity index (χ2n) is 11.0. The quantitative estimate of drug-likeness (QED) is 0.509. The smallest absolute Gasteiger partial charge is 0.375 e. The molecule has 4 aliphatic rings. The minimum atomic E-state index is -1.64. The standard InChI is InChI=1S/C27H31NO7/c1-25-9-7-17(29)14-16(25)5-6-18-19-8-10-27(24(32)34-13-11-28,26(19,2)15-20(30)22(18)25)35-23(31)21-4-3-12-33-21/h3-5,12,18-20,22,30H,6-10,13-15H2,1-2H3/t18-,19-,20-,22+,25-,26-,27-/m0/s1. The predicted octanol–water partition coefficient (Wildman–Crippen LogP) is 3.74. The summed E-state index contributed by atoms with van der Waals surface area (Å²) in [7, 11) is 0. The predicted molar refractivity (Wildman–Crippen MR) is 122 cm³/mol. The molecule has 1 aromatic rings. The van der Waals surface area contributed by atoms with Gasteiger partial charge in [0.2, 0.25) is 11.4 Å². The summed E-state index contributed by atoms with van der Waals surface area (Å²) in [5.41, 5.74) is -1.68. The van der Waals surface area contributed by atoms with Crippen molar-refractivity contribution in [2.24, 2.45) is 28.6 Å². The molecular formula is C27H31NO7. The van der Waals surface area contributed by atoms with E-state index in [4.69, 9.17) is 19.2 Å². The van der Waals surface area contributed by atoms with Gasteiger partial charge in [0.05, 0.1) is 12.4 Å². The fraction of sp³-hybridized carbons (Fsp3) is 0.630. The van der Waals surface area contributed by atoms with Crippen LogP contribution in [0.2, 0.25) is 0 Å². The van der Waals surface area contributed by atoms with Gasteiger partial charge in [-0.25, -0.2) is 9.59 Å². The molecule has 0 saturated heterocycles. The van der Waals surface area contributed by atoms with Crippen LogP contribution < -0.4 is 0 Å². The Balaban J connectivity index is 1.53.